The number of sulfone groups is 1. The molecule has 1 atom stereocenters. The third kappa shape index (κ3) is 3.93. The van der Waals surface area contributed by atoms with E-state index in [0.29, 0.717) is 23.3 Å². The molecule has 3 aromatic rings. The molecule has 1 fully saturated rings. The van der Waals surface area contributed by atoms with Crippen molar-refractivity contribution in [2.24, 2.45) is 7.05 Å². The van der Waals surface area contributed by atoms with Gasteiger partial charge in [0.25, 0.3) is 5.56 Å². The van der Waals surface area contributed by atoms with Crippen LogP contribution >= 0.6 is 0 Å². The van der Waals surface area contributed by atoms with Crippen molar-refractivity contribution < 1.29 is 17.9 Å². The van der Waals surface area contributed by atoms with Crippen molar-refractivity contribution >= 4 is 20.6 Å². The molecule has 1 unspecified atom stereocenters. The maximum atomic E-state index is 12.6. The highest BCUT2D eigenvalue weighted by Crippen LogP contribution is 2.37. The average molecular weight is 413 g/mol. The first kappa shape index (κ1) is 19.7. The van der Waals surface area contributed by atoms with Crippen molar-refractivity contribution in [3.8, 4) is 16.9 Å². The molecule has 1 aromatic heterocycles. The molecule has 2 heterocycles. The van der Waals surface area contributed by atoms with Gasteiger partial charge in [-0.25, -0.2) is 8.42 Å². The van der Waals surface area contributed by atoms with Gasteiger partial charge in [-0.15, -0.1) is 0 Å². The zero-order valence-electron chi connectivity index (χ0n) is 16.4. The maximum absolute atomic E-state index is 12.6. The van der Waals surface area contributed by atoms with E-state index >= 15 is 0 Å². The number of nitrogens with zero attached hydrogens (tertiary/aromatic N) is 1. The predicted molar refractivity (Wildman–Crippen MR) is 112 cm³/mol. The Morgan fingerprint density at radius 2 is 1.86 bits per heavy atom. The first-order valence-corrected chi connectivity index (χ1v) is 11.4. The van der Waals surface area contributed by atoms with Crippen molar-refractivity contribution in [1.82, 2.24) is 4.57 Å². The monoisotopic (exact) mass is 413 g/mol. The summed E-state index contributed by atoms with van der Waals surface area (Å²) in [5.41, 5.74) is 1.29. The molecule has 1 saturated heterocycles. The van der Waals surface area contributed by atoms with Gasteiger partial charge in [0.15, 0.2) is 9.84 Å². The fraction of sp³-hybridized carbons (Fsp3) is 0.318. The van der Waals surface area contributed by atoms with Gasteiger partial charge in [-0.1, -0.05) is 18.2 Å². The number of benzene rings is 2. The lowest BCUT2D eigenvalue weighted by Gasteiger charge is -2.25. The Morgan fingerprint density at radius 1 is 1.10 bits per heavy atom. The van der Waals surface area contributed by atoms with Crippen molar-refractivity contribution in [3.05, 3.63) is 59.0 Å². The second-order valence-corrected chi connectivity index (χ2v) is 9.41. The second kappa shape index (κ2) is 7.65. The Morgan fingerprint density at radius 3 is 2.55 bits per heavy atom. The van der Waals surface area contributed by atoms with Crippen LogP contribution in [0.5, 0.6) is 5.75 Å². The molecule has 2 aromatic carbocycles. The Labute approximate surface area is 169 Å². The molecule has 0 N–H and O–H groups in total. The number of hydrogen-bond donors (Lipinski definition) is 0. The Balaban J connectivity index is 1.94. The Bertz CT molecular complexity index is 1220. The molecule has 0 aliphatic carbocycles. The molecular formula is C22H23NO5S. The number of aryl methyl sites for hydroxylation is 1. The maximum Gasteiger partial charge on any atom is 0.258 e. The van der Waals surface area contributed by atoms with E-state index in [4.69, 9.17) is 9.47 Å². The standard InChI is InChI=1S/C22H23NO5S/c1-23-13-20(17-7-3-4-8-18(17)22(23)24)19-12-16(29(2,25)26)9-10-21(19)28-15-6-5-11-27-14-15/h3-4,7-10,12-13,15H,5-6,11,14H2,1-2H3. The van der Waals surface area contributed by atoms with E-state index in [0.717, 1.165) is 30.4 Å². The molecule has 0 bridgehead atoms. The van der Waals surface area contributed by atoms with Gasteiger partial charge in [0.1, 0.15) is 11.9 Å². The highest BCUT2D eigenvalue weighted by Gasteiger charge is 2.21. The summed E-state index contributed by atoms with van der Waals surface area (Å²) in [5, 5.41) is 1.33. The van der Waals surface area contributed by atoms with Crippen LogP contribution in [-0.2, 0) is 21.6 Å². The lowest BCUT2D eigenvalue weighted by atomic mass is 9.99. The van der Waals surface area contributed by atoms with Crippen molar-refractivity contribution in [1.29, 1.82) is 0 Å². The number of hydrogen-bond acceptors (Lipinski definition) is 5. The topological polar surface area (TPSA) is 74.6 Å². The Kier molecular flexibility index (Phi) is 5.19. The normalized spacial score (nSPS) is 17.4. The van der Waals surface area contributed by atoms with Crippen molar-refractivity contribution in [2.75, 3.05) is 19.5 Å². The average Bonchev–Trinajstić information content (AvgIpc) is 2.71. The van der Waals surface area contributed by atoms with Crippen LogP contribution in [0, 0.1) is 0 Å². The number of aromatic nitrogens is 1. The fourth-order valence-corrected chi connectivity index (χ4v) is 4.31. The van der Waals surface area contributed by atoms with E-state index in [1.165, 1.54) is 10.8 Å². The second-order valence-electron chi connectivity index (χ2n) is 7.39. The molecule has 7 heteroatoms. The SMILES string of the molecule is Cn1cc(-c2cc(S(C)(=O)=O)ccc2OC2CCCOC2)c2ccccc2c1=O. The van der Waals surface area contributed by atoms with Crippen LogP contribution in [-0.4, -0.2) is 38.6 Å². The number of rotatable bonds is 4. The largest absolute Gasteiger partial charge is 0.487 e. The summed E-state index contributed by atoms with van der Waals surface area (Å²) in [6.07, 6.45) is 4.62. The molecule has 0 amide bonds. The quantitative estimate of drug-likeness (QED) is 0.657. The number of ether oxygens (including phenoxy) is 2. The zero-order chi connectivity index (χ0) is 20.6. The van der Waals surface area contributed by atoms with Crippen molar-refractivity contribution in [3.63, 3.8) is 0 Å². The molecule has 152 valence electrons. The first-order valence-electron chi connectivity index (χ1n) is 9.52. The molecule has 0 radical (unpaired) electrons. The van der Waals surface area contributed by atoms with Crippen LogP contribution in [0.2, 0.25) is 0 Å². The van der Waals surface area contributed by atoms with Crippen LogP contribution < -0.4 is 10.3 Å². The van der Waals surface area contributed by atoms with Gasteiger partial charge in [-0.2, -0.15) is 0 Å². The summed E-state index contributed by atoms with van der Waals surface area (Å²) in [4.78, 5) is 12.8. The third-order valence-corrected chi connectivity index (χ3v) is 6.28. The highest BCUT2D eigenvalue weighted by molar-refractivity contribution is 7.90. The highest BCUT2D eigenvalue weighted by atomic mass is 32.2. The molecule has 1 aliphatic rings. The van der Waals surface area contributed by atoms with Gasteiger partial charge >= 0.3 is 0 Å². The van der Waals surface area contributed by atoms with Crippen LogP contribution in [0.4, 0.5) is 0 Å². The summed E-state index contributed by atoms with van der Waals surface area (Å²) in [6, 6.07) is 12.2. The van der Waals surface area contributed by atoms with Gasteiger partial charge in [0.2, 0.25) is 0 Å². The minimum Gasteiger partial charge on any atom is -0.487 e. The van der Waals surface area contributed by atoms with Gasteiger partial charge in [-0.3, -0.25) is 4.79 Å². The van der Waals surface area contributed by atoms with E-state index in [2.05, 4.69) is 0 Å². The lowest BCUT2D eigenvalue weighted by molar-refractivity contribution is 0.00766. The summed E-state index contributed by atoms with van der Waals surface area (Å²) in [5.74, 6) is 0.580. The van der Waals surface area contributed by atoms with Crippen LogP contribution in [0.1, 0.15) is 12.8 Å². The van der Waals surface area contributed by atoms with E-state index in [-0.39, 0.29) is 16.6 Å². The summed E-state index contributed by atoms with van der Waals surface area (Å²) in [6.45, 7) is 1.23. The van der Waals surface area contributed by atoms with Crippen LogP contribution in [0.3, 0.4) is 0 Å². The zero-order valence-corrected chi connectivity index (χ0v) is 17.2. The van der Waals surface area contributed by atoms with E-state index in [1.54, 1.807) is 37.5 Å². The summed E-state index contributed by atoms with van der Waals surface area (Å²) >= 11 is 0. The smallest absolute Gasteiger partial charge is 0.258 e. The van der Waals surface area contributed by atoms with E-state index in [1.807, 2.05) is 18.2 Å². The van der Waals surface area contributed by atoms with Gasteiger partial charge < -0.3 is 14.0 Å². The third-order valence-electron chi connectivity index (χ3n) is 5.17. The van der Waals surface area contributed by atoms with E-state index < -0.39 is 9.84 Å². The van der Waals surface area contributed by atoms with Crippen LogP contribution in [0.15, 0.2) is 58.4 Å². The molecule has 1 aliphatic heterocycles. The van der Waals surface area contributed by atoms with Gasteiger partial charge in [0.05, 0.1) is 11.5 Å². The predicted octanol–water partition coefficient (Wildman–Crippen LogP) is 3.17. The van der Waals surface area contributed by atoms with Crippen molar-refractivity contribution in [2.45, 2.75) is 23.8 Å². The molecule has 6 nitrogen and oxygen atoms in total. The fourth-order valence-electron chi connectivity index (χ4n) is 3.67. The van der Waals surface area contributed by atoms with Gasteiger partial charge in [-0.05, 0) is 42.5 Å². The molecule has 4 rings (SSSR count). The summed E-state index contributed by atoms with van der Waals surface area (Å²) in [7, 11) is -1.71. The summed E-state index contributed by atoms with van der Waals surface area (Å²) < 4.78 is 37.6. The minimum absolute atomic E-state index is 0.0922. The molecule has 0 saturated carbocycles. The molecule has 0 spiro atoms. The molecular weight excluding hydrogens is 390 g/mol. The minimum atomic E-state index is -3.40. The Hall–Kier alpha value is -2.64. The van der Waals surface area contributed by atoms with E-state index in [9.17, 15) is 13.2 Å². The molecule has 29 heavy (non-hydrogen) atoms. The van der Waals surface area contributed by atoms with Gasteiger partial charge in [0, 0.05) is 42.6 Å². The first-order chi connectivity index (χ1) is 13.8. The van der Waals surface area contributed by atoms with Crippen LogP contribution in [0.25, 0.3) is 21.9 Å². The number of fused-ring (bicyclic) bond motifs is 1. The lowest BCUT2D eigenvalue weighted by Crippen LogP contribution is -2.28. The number of pyridine rings is 1.